The van der Waals surface area contributed by atoms with E-state index in [0.29, 0.717) is 17.1 Å². The zero-order chi connectivity index (χ0) is 30.1. The van der Waals surface area contributed by atoms with Crippen molar-refractivity contribution < 1.29 is 21.6 Å². The van der Waals surface area contributed by atoms with E-state index in [1.54, 1.807) is 0 Å². The van der Waals surface area contributed by atoms with Crippen molar-refractivity contribution in [1.29, 1.82) is 0 Å². The number of pyridine rings is 1. The molecule has 0 radical (unpaired) electrons. The highest BCUT2D eigenvalue weighted by Gasteiger charge is 2.38. The van der Waals surface area contributed by atoms with Crippen LogP contribution in [0.4, 0.5) is 30.5 Å². The molecule has 0 bridgehead atoms. The van der Waals surface area contributed by atoms with Crippen molar-refractivity contribution in [3.05, 3.63) is 62.8 Å². The fourth-order valence-electron chi connectivity index (χ4n) is 4.83. The molecule has 0 atom stereocenters. The van der Waals surface area contributed by atoms with E-state index in [0.717, 1.165) is 53.0 Å². The second-order valence-corrected chi connectivity index (χ2v) is 12.6. The summed E-state index contributed by atoms with van der Waals surface area (Å²) in [7, 11) is -2.74. The molecule has 1 aliphatic rings. The van der Waals surface area contributed by atoms with Crippen LogP contribution >= 0.6 is 11.3 Å². The molecule has 42 heavy (non-hydrogen) atoms. The predicted molar refractivity (Wildman–Crippen MR) is 155 cm³/mol. The molecule has 0 saturated carbocycles. The van der Waals surface area contributed by atoms with Gasteiger partial charge in [-0.3, -0.25) is 9.36 Å². The quantitative estimate of drug-likeness (QED) is 0.286. The summed E-state index contributed by atoms with van der Waals surface area (Å²) in [5.74, 6) is 0.365. The number of hydrogen-bond acceptors (Lipinski definition) is 10. The molecule has 1 aromatic carbocycles. The van der Waals surface area contributed by atoms with Crippen LogP contribution < -0.4 is 21.1 Å². The van der Waals surface area contributed by atoms with Crippen molar-refractivity contribution in [2.75, 3.05) is 36.1 Å². The van der Waals surface area contributed by atoms with Crippen LogP contribution in [0.25, 0.3) is 11.0 Å². The maximum absolute atomic E-state index is 13.2. The number of piperidine rings is 1. The number of sulfone groups is 1. The number of hydrogen-bond donors (Lipinski definition) is 2. The molecule has 1 fully saturated rings. The fourth-order valence-corrected chi connectivity index (χ4v) is 7.26. The zero-order valence-electron chi connectivity index (χ0n) is 22.3. The number of terminal acetylenes is 1. The highest BCUT2D eigenvalue weighted by Crippen LogP contribution is 2.28. The molecule has 0 amide bonds. The number of alkyl halides is 3. The van der Waals surface area contributed by atoms with Crippen LogP contribution in [-0.4, -0.2) is 66.0 Å². The molecule has 0 unspecified atom stereocenters. The molecule has 5 rings (SSSR count). The van der Waals surface area contributed by atoms with E-state index in [1.165, 1.54) is 12.3 Å². The molecule has 1 aliphatic heterocycles. The van der Waals surface area contributed by atoms with Crippen LogP contribution in [0.3, 0.4) is 0 Å². The van der Waals surface area contributed by atoms with E-state index in [9.17, 15) is 26.4 Å². The number of aromatic nitrogens is 4. The zero-order valence-corrected chi connectivity index (χ0v) is 24.0. The Hall–Kier alpha value is -4.00. The number of nitrogens with one attached hydrogen (secondary N) is 2. The predicted octanol–water partition coefficient (Wildman–Crippen LogP) is 3.55. The minimum atomic E-state index is -4.96. The van der Waals surface area contributed by atoms with Gasteiger partial charge in [0.1, 0.15) is 5.65 Å². The van der Waals surface area contributed by atoms with E-state index in [1.807, 2.05) is 24.3 Å². The van der Waals surface area contributed by atoms with Crippen molar-refractivity contribution in [3.63, 3.8) is 0 Å². The number of rotatable bonds is 8. The maximum Gasteiger partial charge on any atom is 0.403 e. The summed E-state index contributed by atoms with van der Waals surface area (Å²) in [6, 6.07) is 9.59. The Kier molecular flexibility index (Phi) is 8.22. The van der Waals surface area contributed by atoms with Crippen molar-refractivity contribution in [2.24, 2.45) is 0 Å². The van der Waals surface area contributed by atoms with Gasteiger partial charge < -0.3 is 15.5 Å². The molecule has 2 N–H and O–H groups in total. The van der Waals surface area contributed by atoms with Gasteiger partial charge in [0.2, 0.25) is 15.8 Å². The lowest BCUT2D eigenvalue weighted by atomic mass is 10.0. The Morgan fingerprint density at radius 2 is 1.93 bits per heavy atom. The molecule has 1 saturated heterocycles. The lowest BCUT2D eigenvalue weighted by Gasteiger charge is -2.33. The van der Waals surface area contributed by atoms with Gasteiger partial charge in [0.25, 0.3) is 5.56 Å². The summed E-state index contributed by atoms with van der Waals surface area (Å²) >= 11 is 0.813. The van der Waals surface area contributed by atoms with E-state index < -0.39 is 38.9 Å². The van der Waals surface area contributed by atoms with E-state index in [4.69, 9.17) is 6.42 Å². The van der Waals surface area contributed by atoms with Crippen LogP contribution in [0.1, 0.15) is 23.3 Å². The lowest BCUT2D eigenvalue weighted by Crippen LogP contribution is -2.41. The number of halogens is 3. The van der Waals surface area contributed by atoms with Crippen LogP contribution in [0, 0.1) is 12.3 Å². The van der Waals surface area contributed by atoms with Gasteiger partial charge in [0.05, 0.1) is 22.5 Å². The average Bonchev–Trinajstić information content (AvgIpc) is 3.43. The molecular formula is C27H26F3N7O3S2. The third kappa shape index (κ3) is 6.40. The Morgan fingerprint density at radius 1 is 1.21 bits per heavy atom. The fraction of sp³-hybridized carbons (Fsp3) is 0.333. The summed E-state index contributed by atoms with van der Waals surface area (Å²) in [5, 5.41) is 6.11. The van der Waals surface area contributed by atoms with Gasteiger partial charge in [0.15, 0.2) is 10.8 Å². The lowest BCUT2D eigenvalue weighted by molar-refractivity contribution is -0.106. The first-order valence-electron chi connectivity index (χ1n) is 12.8. The van der Waals surface area contributed by atoms with Gasteiger partial charge in [-0.15, -0.1) is 17.8 Å². The summed E-state index contributed by atoms with van der Waals surface area (Å²) in [4.78, 5) is 27.9. The smallest absolute Gasteiger partial charge is 0.372 e. The number of anilines is 3. The van der Waals surface area contributed by atoms with Crippen molar-refractivity contribution in [1.82, 2.24) is 24.8 Å². The van der Waals surface area contributed by atoms with Crippen molar-refractivity contribution in [3.8, 4) is 12.3 Å². The van der Waals surface area contributed by atoms with Gasteiger partial charge >= 0.3 is 6.18 Å². The van der Waals surface area contributed by atoms with Crippen molar-refractivity contribution in [2.45, 2.75) is 36.6 Å². The van der Waals surface area contributed by atoms with Crippen molar-refractivity contribution >= 4 is 49.5 Å². The molecule has 4 heterocycles. The number of thiazole rings is 1. The SMILES string of the molecule is C#Cc1cc2cnc(Nc3ccc(N(C)C4CCNCC4)cc3)nc2n(Cc2scnc2S(=O)(=O)CC(F)(F)F)c1=O. The normalized spacial score (nSPS) is 14.5. The molecule has 220 valence electrons. The first-order chi connectivity index (χ1) is 19.9. The highest BCUT2D eigenvalue weighted by molar-refractivity contribution is 7.91. The Bertz CT molecular complexity index is 1810. The largest absolute Gasteiger partial charge is 0.403 e. The van der Waals surface area contributed by atoms with Crippen LogP contribution in [0.5, 0.6) is 0 Å². The molecular weight excluding hydrogens is 591 g/mol. The standard InChI is InChI=1S/C27H26F3N7O3S2/c1-3-17-12-18-13-32-26(34-19-4-6-20(7-5-19)36(2)21-8-10-31-11-9-21)35-23(18)37(25(17)38)14-22-24(33-16-41-22)42(39,40)15-27(28,29)30/h1,4-7,12-13,16,21,31H,8-11,14-15H2,2H3,(H,32,34,35). The first-order valence-corrected chi connectivity index (χ1v) is 15.4. The van der Waals surface area contributed by atoms with Gasteiger partial charge in [-0.25, -0.2) is 18.4 Å². The number of benzene rings is 1. The third-order valence-corrected chi connectivity index (χ3v) is 9.52. The summed E-state index contributed by atoms with van der Waals surface area (Å²) in [6.45, 7) is 1.56. The number of nitrogens with zero attached hydrogens (tertiary/aromatic N) is 5. The molecule has 3 aromatic heterocycles. The van der Waals surface area contributed by atoms with Crippen LogP contribution in [0.15, 0.2) is 51.9 Å². The van der Waals surface area contributed by atoms with Gasteiger partial charge in [-0.2, -0.15) is 18.2 Å². The second kappa shape index (κ2) is 11.7. The Labute approximate surface area is 243 Å². The van der Waals surface area contributed by atoms with Gasteiger partial charge in [-0.1, -0.05) is 5.92 Å². The van der Waals surface area contributed by atoms with Crippen LogP contribution in [-0.2, 0) is 16.4 Å². The topological polar surface area (TPSA) is 122 Å². The average molecular weight is 618 g/mol. The first kappa shape index (κ1) is 29.5. The second-order valence-electron chi connectivity index (χ2n) is 9.79. The minimum Gasteiger partial charge on any atom is -0.372 e. The van der Waals surface area contributed by atoms with E-state index >= 15 is 0 Å². The van der Waals surface area contributed by atoms with Crippen LogP contribution in [0.2, 0.25) is 0 Å². The molecule has 0 spiro atoms. The van der Waals surface area contributed by atoms with Gasteiger partial charge in [-0.05, 0) is 56.3 Å². The molecule has 4 aromatic rings. The van der Waals surface area contributed by atoms with E-state index in [2.05, 4.69) is 43.5 Å². The molecule has 10 nitrogen and oxygen atoms in total. The van der Waals surface area contributed by atoms with E-state index in [-0.39, 0.29) is 22.0 Å². The summed E-state index contributed by atoms with van der Waals surface area (Å²) in [5.41, 5.74) is 2.28. The highest BCUT2D eigenvalue weighted by atomic mass is 32.2. The molecule has 15 heteroatoms. The summed E-state index contributed by atoms with van der Waals surface area (Å²) in [6.07, 6.45) is 4.12. The number of fused-ring (bicyclic) bond motifs is 1. The Morgan fingerprint density at radius 3 is 2.60 bits per heavy atom. The summed E-state index contributed by atoms with van der Waals surface area (Å²) < 4.78 is 64.9. The van der Waals surface area contributed by atoms with Gasteiger partial charge in [0, 0.05) is 36.0 Å². The molecule has 0 aliphatic carbocycles. The Balaban J connectivity index is 1.46. The minimum absolute atomic E-state index is 0.0375. The monoisotopic (exact) mass is 617 g/mol. The maximum atomic E-state index is 13.2. The third-order valence-electron chi connectivity index (χ3n) is 6.92.